The molecule has 0 fully saturated rings. The Hall–Kier alpha value is -10.4. The highest BCUT2D eigenvalue weighted by atomic mass is 19.2. The van der Waals surface area contributed by atoms with E-state index in [1.165, 1.54) is 43.5 Å². The summed E-state index contributed by atoms with van der Waals surface area (Å²) in [7, 11) is 1.17. The second-order valence-electron chi connectivity index (χ2n) is 18.7. The van der Waals surface area contributed by atoms with Crippen molar-refractivity contribution in [3.8, 4) is 0 Å². The van der Waals surface area contributed by atoms with Crippen molar-refractivity contribution < 1.29 is 76.0 Å². The minimum absolute atomic E-state index is 0. The predicted molar refractivity (Wildman–Crippen MR) is 279 cm³/mol. The van der Waals surface area contributed by atoms with Crippen LogP contribution >= 0.6 is 0 Å². The van der Waals surface area contributed by atoms with E-state index in [9.17, 15) is 71.2 Å². The number of aromatic nitrogens is 6. The molecule has 2 aliphatic carbocycles. The SMILES string of the molecule is C.COC(=O)c1cc2nc(C(=O)NCc3ccc(F)c(F)c3)cc(C(=O)N[C@H]3CCc4c3ccc(C(=O)O)c4C)n2n1.Cc1c(C(=O)O)ccc2c1CC[C@@H]2NC(=O)c1cc(C(=O)NCc2ccc(F)c(F)c2)nc2cc(C(=O)O)nn12. The normalized spacial score (nSPS) is 13.9. The molecule has 82 heavy (non-hydrogen) atoms. The second kappa shape index (κ2) is 23.5. The standard InChI is InChI=1S/C28H23F2N5O6.C27H21F2N5O6.CH4/c1-13-15-6-8-20(17(15)5-4-16(13)27(38)39)33-26(37)23-10-21(32-24-11-22(28(40)41-2)34-35(23)24)25(36)31-12-14-3-7-18(29)19(30)9-14;1-12-14-5-7-19(16(14)4-3-15(12)26(37)38)32-25(36)22-9-20(31-23-10-21(27(39)40)33-34(22)23)24(35)30-11-13-2-6-17(28)18(29)8-13;/h3-5,7,9-11,20H,6,8,12H2,1-2H3,(H,31,36)(H,33,37)(H,38,39);2-4,6,8-10,19H,5,7,11H2,1H3,(H,30,35)(H,32,36)(H,37,38)(H,39,40);1H4/t20-;19-;/m00./s1. The van der Waals surface area contributed by atoms with Crippen LogP contribution in [0.25, 0.3) is 11.3 Å². The smallest absolute Gasteiger partial charge is 0.358 e. The number of ether oxygens (including phenoxy) is 1. The number of rotatable bonds is 14. The van der Waals surface area contributed by atoms with Crippen LogP contribution in [0.1, 0.15) is 161 Å². The van der Waals surface area contributed by atoms with Gasteiger partial charge in [-0.15, -0.1) is 0 Å². The maximum absolute atomic E-state index is 13.6. The van der Waals surface area contributed by atoms with E-state index in [0.717, 1.165) is 67.7 Å². The first-order chi connectivity index (χ1) is 38.6. The van der Waals surface area contributed by atoms with Crippen LogP contribution < -0.4 is 21.3 Å². The maximum Gasteiger partial charge on any atom is 0.358 e. The lowest BCUT2D eigenvalue weighted by molar-refractivity contribution is 0.0590. The molecule has 7 N–H and O–H groups in total. The number of fused-ring (bicyclic) bond motifs is 4. The summed E-state index contributed by atoms with van der Waals surface area (Å²) < 4.78 is 60.4. The van der Waals surface area contributed by atoms with Gasteiger partial charge in [-0.05, 0) is 120 Å². The Labute approximate surface area is 461 Å². The number of methoxy groups -OCH3 is 1. The van der Waals surface area contributed by atoms with Gasteiger partial charge >= 0.3 is 23.9 Å². The molecule has 0 spiro atoms. The number of carbonyl (C=O) groups excluding carboxylic acids is 5. The molecule has 10 rings (SSSR count). The molecule has 2 atom stereocenters. The lowest BCUT2D eigenvalue weighted by Gasteiger charge is -2.16. The molecular weight excluding hydrogens is 1080 g/mol. The zero-order chi connectivity index (χ0) is 58.1. The topological polar surface area (TPSA) is 315 Å². The number of carbonyl (C=O) groups is 8. The first-order valence-electron chi connectivity index (χ1n) is 24.5. The van der Waals surface area contributed by atoms with Gasteiger partial charge < -0.3 is 41.3 Å². The van der Waals surface area contributed by atoms with E-state index in [-0.39, 0.29) is 77.0 Å². The fraction of sp³-hybridized carbons (Fsp3) is 0.214. The number of aromatic carboxylic acids is 3. The first-order valence-corrected chi connectivity index (χ1v) is 24.5. The molecule has 0 aliphatic heterocycles. The van der Waals surface area contributed by atoms with E-state index in [1.54, 1.807) is 26.0 Å². The Morgan fingerprint density at radius 2 is 0.951 bits per heavy atom. The van der Waals surface area contributed by atoms with Gasteiger partial charge in [-0.1, -0.05) is 31.7 Å². The molecule has 4 heterocycles. The molecule has 8 aromatic rings. The number of hydrogen-bond acceptors (Lipinski definition) is 13. The van der Waals surface area contributed by atoms with Crippen molar-refractivity contribution in [2.45, 2.75) is 72.1 Å². The highest BCUT2D eigenvalue weighted by Gasteiger charge is 2.32. The molecule has 4 aromatic carbocycles. The molecule has 0 saturated carbocycles. The van der Waals surface area contributed by atoms with Gasteiger partial charge in [0, 0.05) is 37.4 Å². The van der Waals surface area contributed by atoms with Crippen LogP contribution in [-0.4, -0.2) is 99.1 Å². The van der Waals surface area contributed by atoms with Gasteiger partial charge in [0.05, 0.1) is 30.3 Å². The average Bonchev–Trinajstić information content (AvgIpc) is 4.31. The average molecular weight is 1130 g/mol. The number of halogens is 4. The Morgan fingerprint density at radius 3 is 1.34 bits per heavy atom. The summed E-state index contributed by atoms with van der Waals surface area (Å²) in [6.45, 7) is 3.12. The number of amides is 4. The summed E-state index contributed by atoms with van der Waals surface area (Å²) >= 11 is 0. The highest BCUT2D eigenvalue weighted by molar-refractivity contribution is 6.00. The third-order valence-electron chi connectivity index (χ3n) is 13.7. The quantitative estimate of drug-likeness (QED) is 0.0433. The van der Waals surface area contributed by atoms with E-state index < -0.39 is 88.6 Å². The Balaban J connectivity index is 0.000000212. The van der Waals surface area contributed by atoms with E-state index in [0.29, 0.717) is 42.4 Å². The number of carboxylic acids is 3. The number of hydrogen-bond donors (Lipinski definition) is 7. The highest BCUT2D eigenvalue weighted by Crippen LogP contribution is 2.36. The van der Waals surface area contributed by atoms with Gasteiger partial charge in [-0.25, -0.2) is 55.7 Å². The van der Waals surface area contributed by atoms with Crippen LogP contribution in [-0.2, 0) is 30.7 Å². The Kier molecular flexibility index (Phi) is 16.6. The lowest BCUT2D eigenvalue weighted by Crippen LogP contribution is -2.30. The number of nitrogens with one attached hydrogen (secondary N) is 4. The van der Waals surface area contributed by atoms with Crippen LogP contribution in [0, 0.1) is 37.1 Å². The van der Waals surface area contributed by atoms with Gasteiger partial charge in [0.1, 0.15) is 22.8 Å². The molecule has 4 amide bonds. The van der Waals surface area contributed by atoms with Crippen molar-refractivity contribution in [2.24, 2.45) is 0 Å². The molecule has 2 aliphatic rings. The van der Waals surface area contributed by atoms with Crippen molar-refractivity contribution in [3.63, 3.8) is 0 Å². The van der Waals surface area contributed by atoms with Crippen molar-refractivity contribution in [1.29, 1.82) is 0 Å². The minimum atomic E-state index is -1.37. The van der Waals surface area contributed by atoms with Crippen LogP contribution in [0.3, 0.4) is 0 Å². The van der Waals surface area contributed by atoms with Gasteiger partial charge in [0.25, 0.3) is 23.6 Å². The molecule has 0 unspecified atom stereocenters. The molecule has 22 nitrogen and oxygen atoms in total. The van der Waals surface area contributed by atoms with E-state index in [2.05, 4.69) is 41.4 Å². The fourth-order valence-corrected chi connectivity index (χ4v) is 9.65. The number of esters is 1. The van der Waals surface area contributed by atoms with Gasteiger partial charge in [-0.3, -0.25) is 19.2 Å². The lowest BCUT2D eigenvalue weighted by atomic mass is 9.98. The van der Waals surface area contributed by atoms with Crippen LogP contribution in [0.5, 0.6) is 0 Å². The monoisotopic (exact) mass is 1130 g/mol. The fourth-order valence-electron chi connectivity index (χ4n) is 9.65. The summed E-state index contributed by atoms with van der Waals surface area (Å²) in [6, 6.07) is 16.5. The van der Waals surface area contributed by atoms with Gasteiger partial charge in [0.2, 0.25) is 0 Å². The number of nitrogens with zero attached hydrogens (tertiary/aromatic N) is 6. The summed E-state index contributed by atoms with van der Waals surface area (Å²) in [5.74, 6) is -11.2. The largest absolute Gasteiger partial charge is 0.478 e. The molecule has 0 radical (unpaired) electrons. The molecule has 0 bridgehead atoms. The summed E-state index contributed by atoms with van der Waals surface area (Å²) in [5, 5.41) is 47.1. The minimum Gasteiger partial charge on any atom is -0.478 e. The Morgan fingerprint density at radius 1 is 0.537 bits per heavy atom. The molecule has 422 valence electrons. The zero-order valence-corrected chi connectivity index (χ0v) is 42.7. The number of benzene rings is 4. The van der Waals surface area contributed by atoms with Crippen LogP contribution in [0.4, 0.5) is 17.6 Å². The molecule has 0 saturated heterocycles. The van der Waals surface area contributed by atoms with Crippen LogP contribution in [0.2, 0.25) is 0 Å². The molecular formula is C56H48F4N10O12. The van der Waals surface area contributed by atoms with Crippen LogP contribution in [0.15, 0.2) is 84.9 Å². The third kappa shape index (κ3) is 11.7. The molecule has 4 aromatic heterocycles. The van der Waals surface area contributed by atoms with Crippen molar-refractivity contribution >= 4 is 58.8 Å². The van der Waals surface area contributed by atoms with Gasteiger partial charge in [-0.2, -0.15) is 10.2 Å². The number of carboxylic acid groups (broad SMARTS) is 3. The van der Waals surface area contributed by atoms with E-state index >= 15 is 0 Å². The second-order valence-corrected chi connectivity index (χ2v) is 18.7. The summed E-state index contributed by atoms with van der Waals surface area (Å²) in [5.41, 5.74) is 4.15. The van der Waals surface area contributed by atoms with Crippen molar-refractivity contribution in [2.75, 3.05) is 7.11 Å². The van der Waals surface area contributed by atoms with E-state index in [1.807, 2.05) is 0 Å². The summed E-state index contributed by atoms with van der Waals surface area (Å²) in [6.07, 6.45) is 2.13. The van der Waals surface area contributed by atoms with Gasteiger partial charge in [0.15, 0.2) is 46.0 Å². The van der Waals surface area contributed by atoms with Crippen molar-refractivity contribution in [1.82, 2.24) is 50.5 Å². The Bertz CT molecular complexity index is 3990. The third-order valence-corrected chi connectivity index (χ3v) is 13.7. The summed E-state index contributed by atoms with van der Waals surface area (Å²) in [4.78, 5) is 108. The maximum atomic E-state index is 13.6. The van der Waals surface area contributed by atoms with E-state index in [4.69, 9.17) is 4.74 Å². The molecule has 26 heteroatoms. The zero-order valence-electron chi connectivity index (χ0n) is 42.7. The first kappa shape index (κ1) is 57.8. The predicted octanol–water partition coefficient (Wildman–Crippen LogP) is 6.84. The van der Waals surface area contributed by atoms with Crippen molar-refractivity contribution in [3.05, 3.63) is 198 Å².